The number of carbonyl (C=O) groups excluding carboxylic acids is 1. The minimum Gasteiger partial charge on any atom is -0.494 e. The van der Waals surface area contributed by atoms with Crippen molar-refractivity contribution in [1.82, 2.24) is 15.0 Å². The molecule has 3 rings (SSSR count). The van der Waals surface area contributed by atoms with Crippen molar-refractivity contribution in [2.75, 3.05) is 18.2 Å². The molecular formula is C16H14FN5O2. The highest BCUT2D eigenvalue weighted by Gasteiger charge is 2.20. The third kappa shape index (κ3) is 2.89. The third-order valence-corrected chi connectivity index (χ3v) is 3.34. The van der Waals surface area contributed by atoms with Gasteiger partial charge in [0.1, 0.15) is 17.3 Å². The molecule has 2 aromatic carbocycles. The van der Waals surface area contributed by atoms with Gasteiger partial charge in [-0.2, -0.15) is 4.68 Å². The number of halogens is 1. The number of amides is 1. The van der Waals surface area contributed by atoms with E-state index in [1.54, 1.807) is 24.3 Å². The molecule has 0 radical (unpaired) electrons. The summed E-state index contributed by atoms with van der Waals surface area (Å²) in [7, 11) is 1.52. The summed E-state index contributed by atoms with van der Waals surface area (Å²) in [5.74, 6) is -0.325. The van der Waals surface area contributed by atoms with Gasteiger partial charge in [0.05, 0.1) is 7.11 Å². The first-order valence-corrected chi connectivity index (χ1v) is 7.01. The van der Waals surface area contributed by atoms with Crippen molar-refractivity contribution in [3.63, 3.8) is 0 Å². The van der Waals surface area contributed by atoms with Crippen LogP contribution in [0.4, 0.5) is 15.9 Å². The van der Waals surface area contributed by atoms with E-state index in [1.165, 1.54) is 36.1 Å². The molecule has 0 fully saturated rings. The Morgan fingerprint density at radius 1 is 1.21 bits per heavy atom. The van der Waals surface area contributed by atoms with Gasteiger partial charge in [0.2, 0.25) is 0 Å². The van der Waals surface area contributed by atoms with E-state index in [0.717, 1.165) is 0 Å². The molecule has 0 atom stereocenters. The molecular weight excluding hydrogens is 313 g/mol. The van der Waals surface area contributed by atoms with Crippen LogP contribution in [0.3, 0.4) is 0 Å². The predicted molar refractivity (Wildman–Crippen MR) is 86.7 cm³/mol. The van der Waals surface area contributed by atoms with E-state index < -0.39 is 11.7 Å². The van der Waals surface area contributed by atoms with E-state index in [4.69, 9.17) is 10.5 Å². The summed E-state index contributed by atoms with van der Waals surface area (Å²) in [4.78, 5) is 12.3. The van der Waals surface area contributed by atoms with Gasteiger partial charge in [-0.05, 0) is 36.4 Å². The molecule has 1 aromatic heterocycles. The molecule has 7 nitrogen and oxygen atoms in total. The molecule has 0 saturated heterocycles. The fourth-order valence-corrected chi connectivity index (χ4v) is 2.16. The van der Waals surface area contributed by atoms with Crippen LogP contribution in [0.25, 0.3) is 5.69 Å². The summed E-state index contributed by atoms with van der Waals surface area (Å²) in [5, 5.41) is 10.3. The number of rotatable bonds is 4. The van der Waals surface area contributed by atoms with Crippen LogP contribution in [0.15, 0.2) is 48.5 Å². The Morgan fingerprint density at radius 3 is 2.62 bits per heavy atom. The van der Waals surface area contributed by atoms with Gasteiger partial charge in [0, 0.05) is 5.69 Å². The molecule has 3 N–H and O–H groups in total. The van der Waals surface area contributed by atoms with Gasteiger partial charge in [0.15, 0.2) is 11.5 Å². The van der Waals surface area contributed by atoms with Crippen LogP contribution in [0.5, 0.6) is 5.75 Å². The largest absolute Gasteiger partial charge is 0.494 e. The van der Waals surface area contributed by atoms with Gasteiger partial charge in [-0.15, -0.1) is 5.10 Å². The van der Waals surface area contributed by atoms with Crippen LogP contribution >= 0.6 is 0 Å². The normalized spacial score (nSPS) is 10.4. The minimum absolute atomic E-state index is 0.0368. The topological polar surface area (TPSA) is 95.1 Å². The van der Waals surface area contributed by atoms with Crippen LogP contribution in [-0.2, 0) is 0 Å². The maximum absolute atomic E-state index is 12.9. The maximum Gasteiger partial charge on any atom is 0.280 e. The van der Waals surface area contributed by atoms with Crippen molar-refractivity contribution in [3.05, 3.63) is 60.0 Å². The maximum atomic E-state index is 12.9. The molecule has 8 heteroatoms. The Bertz CT molecular complexity index is 876. The average molecular weight is 327 g/mol. The summed E-state index contributed by atoms with van der Waals surface area (Å²) in [6.45, 7) is 0. The highest BCUT2D eigenvalue weighted by molar-refractivity contribution is 6.05. The fourth-order valence-electron chi connectivity index (χ4n) is 2.16. The zero-order chi connectivity index (χ0) is 17.1. The van der Waals surface area contributed by atoms with Crippen molar-refractivity contribution in [3.8, 4) is 11.4 Å². The van der Waals surface area contributed by atoms with Crippen LogP contribution in [-0.4, -0.2) is 28.0 Å². The molecule has 0 saturated carbocycles. The molecule has 0 aliphatic heterocycles. The van der Waals surface area contributed by atoms with Gasteiger partial charge in [0.25, 0.3) is 5.91 Å². The van der Waals surface area contributed by atoms with Crippen molar-refractivity contribution in [2.24, 2.45) is 0 Å². The van der Waals surface area contributed by atoms with Crippen molar-refractivity contribution >= 4 is 17.4 Å². The van der Waals surface area contributed by atoms with Crippen molar-refractivity contribution in [2.45, 2.75) is 0 Å². The quantitative estimate of drug-likeness (QED) is 0.766. The number of nitrogens with one attached hydrogen (secondary N) is 1. The second-order valence-electron chi connectivity index (χ2n) is 4.87. The number of carbonyl (C=O) groups is 1. The van der Waals surface area contributed by atoms with Crippen LogP contribution < -0.4 is 15.8 Å². The Balaban J connectivity index is 1.89. The zero-order valence-electron chi connectivity index (χ0n) is 12.7. The lowest BCUT2D eigenvalue weighted by Gasteiger charge is -2.08. The van der Waals surface area contributed by atoms with E-state index in [1.807, 2.05) is 0 Å². The van der Waals surface area contributed by atoms with Crippen LogP contribution in [0.1, 0.15) is 10.5 Å². The number of nitrogens with two attached hydrogens (primary N) is 1. The lowest BCUT2D eigenvalue weighted by Crippen LogP contribution is -2.15. The number of benzene rings is 2. The van der Waals surface area contributed by atoms with E-state index in [0.29, 0.717) is 17.1 Å². The van der Waals surface area contributed by atoms with E-state index in [-0.39, 0.29) is 11.5 Å². The summed E-state index contributed by atoms with van der Waals surface area (Å²) in [6, 6.07) is 12.4. The smallest absolute Gasteiger partial charge is 0.280 e. The summed E-state index contributed by atoms with van der Waals surface area (Å²) < 4.78 is 19.5. The summed E-state index contributed by atoms with van der Waals surface area (Å²) in [6.07, 6.45) is 0. The number of hydrogen-bond acceptors (Lipinski definition) is 5. The number of para-hydroxylation sites is 2. The van der Waals surface area contributed by atoms with Gasteiger partial charge < -0.3 is 15.8 Å². The Labute approximate surface area is 136 Å². The van der Waals surface area contributed by atoms with Gasteiger partial charge in [-0.3, -0.25) is 4.79 Å². The molecule has 1 heterocycles. The molecule has 0 aliphatic rings. The minimum atomic E-state index is -0.541. The first-order valence-electron chi connectivity index (χ1n) is 7.01. The second kappa shape index (κ2) is 6.37. The number of ether oxygens (including phenoxy) is 1. The lowest BCUT2D eigenvalue weighted by molar-refractivity contribution is 0.102. The van der Waals surface area contributed by atoms with Gasteiger partial charge in [-0.1, -0.05) is 17.3 Å². The Morgan fingerprint density at radius 2 is 1.92 bits per heavy atom. The first-order chi connectivity index (χ1) is 11.6. The SMILES string of the molecule is COc1ccccc1-n1nnc(C(=O)Nc2ccc(F)cc2)c1N. The highest BCUT2D eigenvalue weighted by atomic mass is 19.1. The first kappa shape index (κ1) is 15.5. The molecule has 0 unspecified atom stereocenters. The molecule has 122 valence electrons. The molecule has 24 heavy (non-hydrogen) atoms. The highest BCUT2D eigenvalue weighted by Crippen LogP contribution is 2.24. The van der Waals surface area contributed by atoms with Crippen LogP contribution in [0.2, 0.25) is 0 Å². The fraction of sp³-hybridized carbons (Fsp3) is 0.0625. The summed E-state index contributed by atoms with van der Waals surface area (Å²) >= 11 is 0. The third-order valence-electron chi connectivity index (χ3n) is 3.34. The van der Waals surface area contributed by atoms with Crippen molar-refractivity contribution in [1.29, 1.82) is 0 Å². The predicted octanol–water partition coefficient (Wildman–Crippen LogP) is 2.25. The lowest BCUT2D eigenvalue weighted by atomic mass is 10.3. The number of methoxy groups -OCH3 is 1. The number of nitrogen functional groups attached to an aromatic ring is 1. The van der Waals surface area contributed by atoms with Crippen LogP contribution in [0, 0.1) is 5.82 Å². The molecule has 0 aliphatic carbocycles. The molecule has 1 amide bonds. The number of anilines is 2. The molecule has 0 bridgehead atoms. The average Bonchev–Trinajstić information content (AvgIpc) is 2.98. The second-order valence-corrected chi connectivity index (χ2v) is 4.87. The monoisotopic (exact) mass is 327 g/mol. The molecule has 3 aromatic rings. The number of nitrogens with zero attached hydrogens (tertiary/aromatic N) is 3. The number of hydrogen-bond donors (Lipinski definition) is 2. The standard InChI is InChI=1S/C16H14FN5O2/c1-24-13-5-3-2-4-12(13)22-15(18)14(20-21-22)16(23)19-11-8-6-10(17)7-9-11/h2-9H,18H2,1H3,(H,19,23). The Hall–Kier alpha value is -3.42. The van der Waals surface area contributed by atoms with Gasteiger partial charge in [-0.25, -0.2) is 4.39 Å². The number of aromatic nitrogens is 3. The summed E-state index contributed by atoms with van der Waals surface area (Å²) in [5.41, 5.74) is 6.95. The Kier molecular flexibility index (Phi) is 4.11. The molecule has 0 spiro atoms. The van der Waals surface area contributed by atoms with Gasteiger partial charge >= 0.3 is 0 Å². The van der Waals surface area contributed by atoms with E-state index in [9.17, 15) is 9.18 Å². The van der Waals surface area contributed by atoms with E-state index >= 15 is 0 Å². The zero-order valence-corrected chi connectivity index (χ0v) is 12.7. The van der Waals surface area contributed by atoms with E-state index in [2.05, 4.69) is 15.6 Å². The van der Waals surface area contributed by atoms with Crippen molar-refractivity contribution < 1.29 is 13.9 Å².